The molecular formula is C14H21F2NO3S. The summed E-state index contributed by atoms with van der Waals surface area (Å²) in [5.41, 5.74) is -0.110. The number of aliphatic hydroxyl groups excluding tert-OH is 1. The Labute approximate surface area is 124 Å². The Morgan fingerprint density at radius 2 is 1.86 bits per heavy atom. The summed E-state index contributed by atoms with van der Waals surface area (Å²) in [5, 5.41) is 9.88. The van der Waals surface area contributed by atoms with Gasteiger partial charge in [-0.15, -0.1) is 0 Å². The zero-order valence-corrected chi connectivity index (χ0v) is 13.0. The molecule has 0 bridgehead atoms. The van der Waals surface area contributed by atoms with Crippen LogP contribution in [0.1, 0.15) is 32.3 Å². The largest absolute Gasteiger partial charge is 0.391 e. The van der Waals surface area contributed by atoms with E-state index in [9.17, 15) is 22.3 Å². The van der Waals surface area contributed by atoms with Crippen LogP contribution in [-0.2, 0) is 15.8 Å². The number of rotatable bonds is 8. The third-order valence-electron chi connectivity index (χ3n) is 3.47. The average molecular weight is 321 g/mol. The molecule has 1 atom stereocenters. The summed E-state index contributed by atoms with van der Waals surface area (Å²) < 4.78 is 52.2. The van der Waals surface area contributed by atoms with Gasteiger partial charge in [0.1, 0.15) is 11.6 Å². The highest BCUT2D eigenvalue weighted by atomic mass is 32.2. The van der Waals surface area contributed by atoms with Crippen LogP contribution in [0.25, 0.3) is 0 Å². The highest BCUT2D eigenvalue weighted by molar-refractivity contribution is 7.88. The van der Waals surface area contributed by atoms with Crippen molar-refractivity contribution in [1.82, 2.24) is 4.72 Å². The number of aliphatic hydroxyl groups is 1. The van der Waals surface area contributed by atoms with Crippen LogP contribution in [0.3, 0.4) is 0 Å². The fourth-order valence-electron chi connectivity index (χ4n) is 2.11. The number of halogens is 2. The lowest BCUT2D eigenvalue weighted by molar-refractivity contribution is 0.107. The Morgan fingerprint density at radius 1 is 1.24 bits per heavy atom. The molecule has 0 amide bonds. The molecule has 1 aromatic carbocycles. The van der Waals surface area contributed by atoms with Gasteiger partial charge >= 0.3 is 0 Å². The Bertz CT molecular complexity index is 559. The summed E-state index contributed by atoms with van der Waals surface area (Å²) in [6.07, 6.45) is 0.700. The fraction of sp³-hybridized carbons (Fsp3) is 0.571. The molecule has 0 saturated carbocycles. The van der Waals surface area contributed by atoms with Gasteiger partial charge in [0.15, 0.2) is 0 Å². The van der Waals surface area contributed by atoms with Gasteiger partial charge in [0.05, 0.1) is 11.9 Å². The van der Waals surface area contributed by atoms with Crippen molar-refractivity contribution in [3.05, 3.63) is 35.4 Å². The van der Waals surface area contributed by atoms with Crippen molar-refractivity contribution in [1.29, 1.82) is 0 Å². The fourth-order valence-corrected chi connectivity index (χ4v) is 3.28. The Balaban J connectivity index is 2.66. The van der Waals surface area contributed by atoms with E-state index in [1.165, 1.54) is 0 Å². The molecule has 4 nitrogen and oxygen atoms in total. The number of hydrogen-bond acceptors (Lipinski definition) is 3. The number of sulfonamides is 1. The second kappa shape index (κ2) is 7.82. The minimum absolute atomic E-state index is 0.00950. The zero-order valence-electron chi connectivity index (χ0n) is 12.1. The van der Waals surface area contributed by atoms with Crippen molar-refractivity contribution in [2.45, 2.75) is 38.5 Å². The second-order valence-electron chi connectivity index (χ2n) is 4.99. The first-order valence-electron chi connectivity index (χ1n) is 6.88. The summed E-state index contributed by atoms with van der Waals surface area (Å²) >= 11 is 0. The van der Waals surface area contributed by atoms with Crippen LogP contribution in [0.2, 0.25) is 0 Å². The molecule has 0 fully saturated rings. The van der Waals surface area contributed by atoms with Crippen LogP contribution in [0.5, 0.6) is 0 Å². The van der Waals surface area contributed by atoms with E-state index in [0.29, 0.717) is 6.07 Å². The predicted octanol–water partition coefficient (Wildman–Crippen LogP) is 2.18. The first-order chi connectivity index (χ1) is 9.79. The van der Waals surface area contributed by atoms with Crippen molar-refractivity contribution in [3.63, 3.8) is 0 Å². The molecule has 0 aliphatic heterocycles. The van der Waals surface area contributed by atoms with E-state index >= 15 is 0 Å². The van der Waals surface area contributed by atoms with Crippen LogP contribution in [0.4, 0.5) is 8.78 Å². The monoisotopic (exact) mass is 321 g/mol. The first-order valence-corrected chi connectivity index (χ1v) is 8.53. The predicted molar refractivity (Wildman–Crippen MR) is 77.1 cm³/mol. The van der Waals surface area contributed by atoms with Crippen LogP contribution < -0.4 is 4.72 Å². The molecule has 1 unspecified atom stereocenters. The lowest BCUT2D eigenvalue weighted by Crippen LogP contribution is -2.36. The summed E-state index contributed by atoms with van der Waals surface area (Å²) in [6, 6.07) is 2.75. The number of benzene rings is 1. The minimum atomic E-state index is -3.79. The van der Waals surface area contributed by atoms with Crippen LogP contribution in [0, 0.1) is 17.6 Å². The van der Waals surface area contributed by atoms with Gasteiger partial charge in [0, 0.05) is 18.2 Å². The molecular weight excluding hydrogens is 300 g/mol. The van der Waals surface area contributed by atoms with E-state index < -0.39 is 33.5 Å². The molecule has 0 heterocycles. The molecule has 0 spiro atoms. The topological polar surface area (TPSA) is 66.4 Å². The lowest BCUT2D eigenvalue weighted by atomic mass is 9.97. The maximum absolute atomic E-state index is 13.4. The van der Waals surface area contributed by atoms with E-state index in [2.05, 4.69) is 4.72 Å². The van der Waals surface area contributed by atoms with Crippen molar-refractivity contribution in [2.24, 2.45) is 5.92 Å². The Morgan fingerprint density at radius 3 is 2.38 bits per heavy atom. The third-order valence-corrected chi connectivity index (χ3v) is 4.76. The van der Waals surface area contributed by atoms with Gasteiger partial charge in [-0.25, -0.2) is 21.9 Å². The van der Waals surface area contributed by atoms with Crippen molar-refractivity contribution < 1.29 is 22.3 Å². The second-order valence-corrected chi connectivity index (χ2v) is 6.79. The molecule has 0 aliphatic carbocycles. The standard InChI is InChI=1S/C14H21F2NO3S/c1-3-10(4-2)14(18)8-17-21(19,20)9-11-5-6-12(15)7-13(11)16/h5-7,10,14,17-18H,3-4,8-9H2,1-2H3. The molecule has 1 rings (SSSR count). The number of hydrogen-bond donors (Lipinski definition) is 2. The maximum Gasteiger partial charge on any atom is 0.215 e. The quantitative estimate of drug-likeness (QED) is 0.771. The van der Waals surface area contributed by atoms with Crippen molar-refractivity contribution >= 4 is 10.0 Å². The Kier molecular flexibility index (Phi) is 6.70. The van der Waals surface area contributed by atoms with Gasteiger partial charge in [-0.05, 0) is 12.0 Å². The first kappa shape index (κ1) is 18.0. The van der Waals surface area contributed by atoms with E-state index in [0.717, 1.165) is 25.0 Å². The minimum Gasteiger partial charge on any atom is -0.391 e. The molecule has 21 heavy (non-hydrogen) atoms. The smallest absolute Gasteiger partial charge is 0.215 e. The van der Waals surface area contributed by atoms with E-state index in [-0.39, 0.29) is 18.0 Å². The summed E-state index contributed by atoms with van der Waals surface area (Å²) in [7, 11) is -3.79. The molecule has 1 aromatic rings. The van der Waals surface area contributed by atoms with Crippen LogP contribution >= 0.6 is 0 Å². The SMILES string of the molecule is CCC(CC)C(O)CNS(=O)(=O)Cc1ccc(F)cc1F. The molecule has 7 heteroatoms. The molecule has 0 aliphatic rings. The van der Waals surface area contributed by atoms with Crippen molar-refractivity contribution in [2.75, 3.05) is 6.54 Å². The maximum atomic E-state index is 13.4. The lowest BCUT2D eigenvalue weighted by Gasteiger charge is -2.20. The highest BCUT2D eigenvalue weighted by Crippen LogP contribution is 2.14. The normalized spacial score (nSPS) is 13.6. The van der Waals surface area contributed by atoms with Crippen molar-refractivity contribution in [3.8, 4) is 0 Å². The summed E-state index contributed by atoms with van der Waals surface area (Å²) in [6.45, 7) is 3.72. The molecule has 120 valence electrons. The van der Waals surface area contributed by atoms with Gasteiger partial charge in [0.25, 0.3) is 0 Å². The van der Waals surface area contributed by atoms with Crippen LogP contribution in [-0.4, -0.2) is 26.2 Å². The van der Waals surface area contributed by atoms with Gasteiger partial charge in [0.2, 0.25) is 10.0 Å². The highest BCUT2D eigenvalue weighted by Gasteiger charge is 2.20. The Hall–Kier alpha value is -1.05. The summed E-state index contributed by atoms with van der Waals surface area (Å²) in [5.74, 6) is -2.24. The van der Waals surface area contributed by atoms with E-state index in [1.807, 2.05) is 13.8 Å². The van der Waals surface area contributed by atoms with Crippen LogP contribution in [0.15, 0.2) is 18.2 Å². The third kappa shape index (κ3) is 5.68. The van der Waals surface area contributed by atoms with E-state index in [4.69, 9.17) is 0 Å². The molecule has 2 N–H and O–H groups in total. The van der Waals surface area contributed by atoms with Gasteiger partial charge in [-0.1, -0.05) is 32.8 Å². The zero-order chi connectivity index (χ0) is 16.0. The average Bonchev–Trinajstić information content (AvgIpc) is 2.41. The van der Waals surface area contributed by atoms with Gasteiger partial charge < -0.3 is 5.11 Å². The molecule has 0 aromatic heterocycles. The summed E-state index contributed by atoms with van der Waals surface area (Å²) in [4.78, 5) is 0. The number of nitrogens with one attached hydrogen (secondary N) is 1. The molecule has 0 saturated heterocycles. The van der Waals surface area contributed by atoms with E-state index in [1.54, 1.807) is 0 Å². The van der Waals surface area contributed by atoms with Gasteiger partial charge in [-0.3, -0.25) is 0 Å². The van der Waals surface area contributed by atoms with Gasteiger partial charge in [-0.2, -0.15) is 0 Å². The molecule has 0 radical (unpaired) electrons.